The van der Waals surface area contributed by atoms with E-state index in [9.17, 15) is 18.4 Å². The number of halogens is 2. The largest absolute Gasteiger partial charge is 0.368 e. The van der Waals surface area contributed by atoms with Gasteiger partial charge in [-0.2, -0.15) is 0 Å². The van der Waals surface area contributed by atoms with Crippen molar-refractivity contribution in [1.29, 1.82) is 0 Å². The summed E-state index contributed by atoms with van der Waals surface area (Å²) in [6, 6.07) is 17.9. The highest BCUT2D eigenvalue weighted by atomic mass is 19.2. The molecule has 0 radical (unpaired) electrons. The lowest BCUT2D eigenvalue weighted by Crippen LogP contribution is -2.49. The van der Waals surface area contributed by atoms with Crippen LogP contribution in [-0.2, 0) is 11.2 Å². The molecule has 3 aromatic carbocycles. The number of hydrogen-bond acceptors (Lipinski definition) is 3. The molecule has 1 aliphatic heterocycles. The van der Waals surface area contributed by atoms with Crippen LogP contribution in [0.15, 0.2) is 66.7 Å². The normalized spacial score (nSPS) is 13.5. The molecule has 4 rings (SSSR count). The molecule has 176 valence electrons. The molecular weight excluding hydrogens is 438 g/mol. The Hall–Kier alpha value is -3.94. The number of amides is 3. The third kappa shape index (κ3) is 5.70. The summed E-state index contributed by atoms with van der Waals surface area (Å²) < 4.78 is 26.3. The molecule has 8 heteroatoms. The Morgan fingerprint density at radius 2 is 1.47 bits per heavy atom. The molecule has 34 heavy (non-hydrogen) atoms. The van der Waals surface area contributed by atoms with Crippen LogP contribution in [0.1, 0.15) is 11.1 Å². The monoisotopic (exact) mass is 464 g/mol. The van der Waals surface area contributed by atoms with Gasteiger partial charge in [-0.1, -0.05) is 24.3 Å². The van der Waals surface area contributed by atoms with Gasteiger partial charge in [0.15, 0.2) is 11.6 Å². The molecule has 1 aliphatic rings. The van der Waals surface area contributed by atoms with E-state index in [1.54, 1.807) is 12.1 Å². The van der Waals surface area contributed by atoms with E-state index in [0.29, 0.717) is 25.2 Å². The molecule has 2 N–H and O–H groups in total. The van der Waals surface area contributed by atoms with Gasteiger partial charge in [-0.25, -0.2) is 13.6 Å². The number of aryl methyl sites for hydroxylation is 1. The second-order valence-electron chi connectivity index (χ2n) is 8.23. The molecule has 0 unspecified atom stereocenters. The zero-order valence-corrected chi connectivity index (χ0v) is 18.9. The zero-order valence-electron chi connectivity index (χ0n) is 18.9. The Labute approximate surface area is 197 Å². The molecule has 3 amide bonds. The molecule has 0 aromatic heterocycles. The number of rotatable bonds is 5. The van der Waals surface area contributed by atoms with Gasteiger partial charge in [-0.05, 0) is 54.4 Å². The summed E-state index contributed by atoms with van der Waals surface area (Å²) in [7, 11) is 0. The summed E-state index contributed by atoms with van der Waals surface area (Å²) in [5, 5.41) is 5.13. The average Bonchev–Trinajstić information content (AvgIpc) is 2.83. The number of anilines is 3. The molecule has 0 atom stereocenters. The van der Waals surface area contributed by atoms with Crippen LogP contribution in [0.3, 0.4) is 0 Å². The molecule has 0 saturated carbocycles. The molecule has 1 fully saturated rings. The van der Waals surface area contributed by atoms with Gasteiger partial charge in [0, 0.05) is 49.3 Å². The molecule has 3 aromatic rings. The highest BCUT2D eigenvalue weighted by Gasteiger charge is 2.21. The second kappa shape index (κ2) is 10.3. The predicted octanol–water partition coefficient (Wildman–Crippen LogP) is 4.81. The number of nitrogens with zero attached hydrogens (tertiary/aromatic N) is 2. The van der Waals surface area contributed by atoms with Gasteiger partial charge in [-0.3, -0.25) is 4.79 Å². The number of carbonyl (C=O) groups excluding carboxylic acids is 2. The minimum absolute atomic E-state index is 0.139. The maximum atomic E-state index is 13.3. The van der Waals surface area contributed by atoms with Crippen LogP contribution in [0.25, 0.3) is 0 Å². The third-order valence-corrected chi connectivity index (χ3v) is 5.90. The van der Waals surface area contributed by atoms with Gasteiger partial charge in [0.25, 0.3) is 0 Å². The summed E-state index contributed by atoms with van der Waals surface area (Å²) >= 11 is 0. The highest BCUT2D eigenvalue weighted by Crippen LogP contribution is 2.21. The first-order valence-electron chi connectivity index (χ1n) is 11.1. The zero-order chi connectivity index (χ0) is 24.1. The molecule has 1 heterocycles. The van der Waals surface area contributed by atoms with Gasteiger partial charge < -0.3 is 20.4 Å². The summed E-state index contributed by atoms with van der Waals surface area (Å²) in [5.74, 6) is -1.86. The fourth-order valence-corrected chi connectivity index (χ4v) is 3.92. The van der Waals surface area contributed by atoms with Gasteiger partial charge in [0.2, 0.25) is 5.91 Å². The van der Waals surface area contributed by atoms with Crippen LogP contribution in [0.4, 0.5) is 30.6 Å². The number of urea groups is 1. The number of piperazine rings is 1. The summed E-state index contributed by atoms with van der Waals surface area (Å²) in [6.45, 7) is 4.78. The Balaban J connectivity index is 1.27. The standard InChI is InChI=1S/C26H26F2N4O2/c1-18-4-2-3-5-19(18)16-25(33)32-14-12-31(13-15-32)22-9-6-20(7-10-22)29-26(34)30-21-8-11-23(27)24(28)17-21/h2-11,17H,12-16H2,1H3,(H2,29,30,34). The molecule has 0 aliphatic carbocycles. The Morgan fingerprint density at radius 1 is 0.824 bits per heavy atom. The van der Waals surface area contributed by atoms with Crippen LogP contribution < -0.4 is 15.5 Å². The van der Waals surface area contributed by atoms with E-state index in [-0.39, 0.29) is 11.6 Å². The summed E-state index contributed by atoms with van der Waals surface area (Å²) in [4.78, 5) is 28.9. The SMILES string of the molecule is Cc1ccccc1CC(=O)N1CCN(c2ccc(NC(=O)Nc3ccc(F)c(F)c3)cc2)CC1. The van der Waals surface area contributed by atoms with Crippen molar-refractivity contribution in [2.24, 2.45) is 0 Å². The topological polar surface area (TPSA) is 64.7 Å². The van der Waals surface area contributed by atoms with E-state index in [1.165, 1.54) is 6.07 Å². The van der Waals surface area contributed by atoms with Gasteiger partial charge >= 0.3 is 6.03 Å². The quantitative estimate of drug-likeness (QED) is 0.570. The van der Waals surface area contributed by atoms with Crippen LogP contribution in [-0.4, -0.2) is 43.0 Å². The van der Waals surface area contributed by atoms with Crippen molar-refractivity contribution in [3.63, 3.8) is 0 Å². The van der Waals surface area contributed by atoms with E-state index >= 15 is 0 Å². The van der Waals surface area contributed by atoms with Crippen molar-refractivity contribution in [1.82, 2.24) is 4.90 Å². The fourth-order valence-electron chi connectivity index (χ4n) is 3.92. The van der Waals surface area contributed by atoms with Crippen molar-refractivity contribution in [2.45, 2.75) is 13.3 Å². The van der Waals surface area contributed by atoms with Crippen molar-refractivity contribution >= 4 is 29.0 Å². The minimum Gasteiger partial charge on any atom is -0.368 e. The number of benzene rings is 3. The van der Waals surface area contributed by atoms with Crippen LogP contribution in [0, 0.1) is 18.6 Å². The number of nitrogens with one attached hydrogen (secondary N) is 2. The number of hydrogen-bond donors (Lipinski definition) is 2. The van der Waals surface area contributed by atoms with Gasteiger partial charge in [0.1, 0.15) is 0 Å². The summed E-state index contributed by atoms with van der Waals surface area (Å²) in [5.41, 5.74) is 3.91. The predicted molar refractivity (Wildman–Crippen MR) is 129 cm³/mol. The second-order valence-corrected chi connectivity index (χ2v) is 8.23. The fraction of sp³-hybridized carbons (Fsp3) is 0.231. The molecule has 0 spiro atoms. The van der Waals surface area contributed by atoms with Gasteiger partial charge in [-0.15, -0.1) is 0 Å². The Morgan fingerprint density at radius 3 is 2.15 bits per heavy atom. The first kappa shape index (κ1) is 23.2. The van der Waals surface area contributed by atoms with Crippen LogP contribution in [0.5, 0.6) is 0 Å². The lowest BCUT2D eigenvalue weighted by Gasteiger charge is -2.36. The molecule has 6 nitrogen and oxygen atoms in total. The van der Waals surface area contributed by atoms with E-state index in [0.717, 1.165) is 42.0 Å². The minimum atomic E-state index is -1.03. The van der Waals surface area contributed by atoms with E-state index in [2.05, 4.69) is 15.5 Å². The maximum Gasteiger partial charge on any atom is 0.323 e. The van der Waals surface area contributed by atoms with E-state index in [4.69, 9.17) is 0 Å². The Bertz CT molecular complexity index is 1180. The van der Waals surface area contributed by atoms with Gasteiger partial charge in [0.05, 0.1) is 6.42 Å². The van der Waals surface area contributed by atoms with E-state index in [1.807, 2.05) is 48.2 Å². The Kier molecular flexibility index (Phi) is 7.06. The third-order valence-electron chi connectivity index (χ3n) is 5.90. The van der Waals surface area contributed by atoms with Crippen molar-refractivity contribution < 1.29 is 18.4 Å². The lowest BCUT2D eigenvalue weighted by atomic mass is 10.1. The first-order chi connectivity index (χ1) is 16.4. The highest BCUT2D eigenvalue weighted by molar-refractivity contribution is 5.99. The average molecular weight is 465 g/mol. The molecule has 1 saturated heterocycles. The number of carbonyl (C=O) groups is 2. The summed E-state index contributed by atoms with van der Waals surface area (Å²) in [6.07, 6.45) is 0.416. The molecular formula is C26H26F2N4O2. The molecule has 0 bridgehead atoms. The first-order valence-corrected chi connectivity index (χ1v) is 11.1. The maximum absolute atomic E-state index is 13.3. The van der Waals surface area contributed by atoms with Crippen LogP contribution in [0.2, 0.25) is 0 Å². The van der Waals surface area contributed by atoms with E-state index < -0.39 is 17.7 Å². The van der Waals surface area contributed by atoms with Crippen molar-refractivity contribution in [3.05, 3.63) is 89.5 Å². The van der Waals surface area contributed by atoms with Crippen LogP contribution >= 0.6 is 0 Å². The lowest BCUT2D eigenvalue weighted by molar-refractivity contribution is -0.130. The van der Waals surface area contributed by atoms with Crippen molar-refractivity contribution in [3.8, 4) is 0 Å². The van der Waals surface area contributed by atoms with Crippen molar-refractivity contribution in [2.75, 3.05) is 41.7 Å². The smallest absolute Gasteiger partial charge is 0.323 e.